The molecule has 0 aromatic heterocycles. The van der Waals surface area contributed by atoms with Crippen molar-refractivity contribution < 1.29 is 4.79 Å². The number of carbonyl (C=O) groups is 1. The summed E-state index contributed by atoms with van der Waals surface area (Å²) < 4.78 is 0. The highest BCUT2D eigenvalue weighted by atomic mass is 16.2. The van der Waals surface area contributed by atoms with Crippen LogP contribution in [0.5, 0.6) is 0 Å². The van der Waals surface area contributed by atoms with Gasteiger partial charge in [-0.3, -0.25) is 0 Å². The van der Waals surface area contributed by atoms with Crippen LogP contribution in [-0.4, -0.2) is 37.1 Å². The summed E-state index contributed by atoms with van der Waals surface area (Å²) in [5, 5.41) is 2.66. The summed E-state index contributed by atoms with van der Waals surface area (Å²) in [5.41, 5.74) is 5.58. The average Bonchev–Trinajstić information content (AvgIpc) is 2.26. The van der Waals surface area contributed by atoms with E-state index in [0.717, 1.165) is 25.9 Å². The molecule has 0 saturated carbocycles. The third-order valence-electron chi connectivity index (χ3n) is 2.48. The van der Waals surface area contributed by atoms with Crippen molar-refractivity contribution in [1.29, 1.82) is 0 Å². The molecule has 4 nitrogen and oxygen atoms in total. The van der Waals surface area contributed by atoms with Gasteiger partial charge in [-0.25, -0.2) is 4.79 Å². The number of likely N-dealkylation sites (tertiary alicyclic amines) is 1. The quantitative estimate of drug-likeness (QED) is 0.609. The van der Waals surface area contributed by atoms with Gasteiger partial charge < -0.3 is 16.0 Å². The number of terminal acetylenes is 1. The van der Waals surface area contributed by atoms with Crippen LogP contribution in [0.4, 0.5) is 4.79 Å². The minimum Gasteiger partial charge on any atom is -0.330 e. The summed E-state index contributed by atoms with van der Waals surface area (Å²) in [7, 11) is 0. The molecule has 2 amide bonds. The predicted molar refractivity (Wildman–Crippen MR) is 55.6 cm³/mol. The van der Waals surface area contributed by atoms with Crippen LogP contribution < -0.4 is 11.1 Å². The van der Waals surface area contributed by atoms with Gasteiger partial charge in [-0.1, -0.05) is 5.92 Å². The van der Waals surface area contributed by atoms with Gasteiger partial charge in [0.25, 0.3) is 0 Å². The number of urea groups is 1. The van der Waals surface area contributed by atoms with Crippen LogP contribution in [0, 0.1) is 18.3 Å². The fraction of sp³-hybridized carbons (Fsp3) is 0.700. The molecule has 0 aromatic carbocycles. The summed E-state index contributed by atoms with van der Waals surface area (Å²) in [6, 6.07) is -0.0684. The fourth-order valence-electron chi connectivity index (χ4n) is 1.68. The maximum absolute atomic E-state index is 11.5. The summed E-state index contributed by atoms with van der Waals surface area (Å²) in [4.78, 5) is 13.3. The van der Waals surface area contributed by atoms with Gasteiger partial charge in [0.2, 0.25) is 0 Å². The van der Waals surface area contributed by atoms with E-state index in [1.54, 1.807) is 4.90 Å². The van der Waals surface area contributed by atoms with Crippen molar-refractivity contribution in [3.05, 3.63) is 0 Å². The Hall–Kier alpha value is -1.21. The minimum atomic E-state index is -0.0684. The maximum atomic E-state index is 11.5. The molecule has 1 rings (SSSR count). The monoisotopic (exact) mass is 195 g/mol. The number of amides is 2. The lowest BCUT2D eigenvalue weighted by molar-refractivity contribution is 0.168. The van der Waals surface area contributed by atoms with Gasteiger partial charge in [-0.2, -0.15) is 0 Å². The molecule has 1 aliphatic heterocycles. The summed E-state index contributed by atoms with van der Waals surface area (Å²) in [5.74, 6) is 2.82. The number of hydrogen-bond acceptors (Lipinski definition) is 2. The van der Waals surface area contributed by atoms with E-state index in [2.05, 4.69) is 11.2 Å². The lowest BCUT2D eigenvalue weighted by Gasteiger charge is -2.31. The Morgan fingerprint density at radius 3 is 3.14 bits per heavy atom. The van der Waals surface area contributed by atoms with Crippen LogP contribution in [0.15, 0.2) is 0 Å². The standard InChI is InChI=1S/C10H17N3O/c1-2-5-12-10(14)13-6-3-4-9(7-11)8-13/h1,9H,3-8,11H2,(H,12,14). The molecule has 4 heteroatoms. The van der Waals surface area contributed by atoms with Crippen LogP contribution >= 0.6 is 0 Å². The zero-order valence-electron chi connectivity index (χ0n) is 8.33. The van der Waals surface area contributed by atoms with Gasteiger partial charge >= 0.3 is 6.03 Å². The fourth-order valence-corrected chi connectivity index (χ4v) is 1.68. The predicted octanol–water partition coefficient (Wildman–Crippen LogP) is -0.0001000. The van der Waals surface area contributed by atoms with Crippen molar-refractivity contribution in [2.75, 3.05) is 26.2 Å². The van der Waals surface area contributed by atoms with Crippen LogP contribution in [0.3, 0.4) is 0 Å². The number of nitrogens with zero attached hydrogens (tertiary/aromatic N) is 1. The Morgan fingerprint density at radius 2 is 2.50 bits per heavy atom. The SMILES string of the molecule is C#CCNC(=O)N1CCCC(CN)C1. The molecule has 1 aliphatic rings. The van der Waals surface area contributed by atoms with Gasteiger partial charge in [0.1, 0.15) is 0 Å². The normalized spacial score (nSPS) is 21.4. The van der Waals surface area contributed by atoms with Crippen LogP contribution in [0.25, 0.3) is 0 Å². The van der Waals surface area contributed by atoms with E-state index >= 15 is 0 Å². The lowest BCUT2D eigenvalue weighted by atomic mass is 9.99. The number of nitrogens with one attached hydrogen (secondary N) is 1. The first-order chi connectivity index (χ1) is 6.77. The third kappa shape index (κ3) is 2.93. The number of hydrogen-bond donors (Lipinski definition) is 2. The summed E-state index contributed by atoms with van der Waals surface area (Å²) >= 11 is 0. The second-order valence-corrected chi connectivity index (χ2v) is 3.55. The molecular weight excluding hydrogens is 178 g/mol. The van der Waals surface area contributed by atoms with Crippen molar-refractivity contribution >= 4 is 6.03 Å². The highest BCUT2D eigenvalue weighted by Crippen LogP contribution is 2.14. The first kappa shape index (κ1) is 10.9. The number of nitrogens with two attached hydrogens (primary N) is 1. The van der Waals surface area contributed by atoms with E-state index < -0.39 is 0 Å². The van der Waals surface area contributed by atoms with E-state index in [4.69, 9.17) is 12.2 Å². The first-order valence-electron chi connectivity index (χ1n) is 4.94. The molecule has 0 aromatic rings. The smallest absolute Gasteiger partial charge is 0.318 e. The van der Waals surface area contributed by atoms with Gasteiger partial charge in [0.05, 0.1) is 6.54 Å². The second-order valence-electron chi connectivity index (χ2n) is 3.55. The molecule has 0 radical (unpaired) electrons. The highest BCUT2D eigenvalue weighted by Gasteiger charge is 2.21. The van der Waals surface area contributed by atoms with E-state index in [-0.39, 0.29) is 6.03 Å². The molecule has 1 atom stereocenters. The summed E-state index contributed by atoms with van der Waals surface area (Å²) in [6.07, 6.45) is 7.21. The number of rotatable bonds is 2. The largest absolute Gasteiger partial charge is 0.330 e. The first-order valence-corrected chi connectivity index (χ1v) is 4.94. The molecule has 1 unspecified atom stereocenters. The maximum Gasteiger partial charge on any atom is 0.318 e. The molecule has 0 bridgehead atoms. The lowest BCUT2D eigenvalue weighted by Crippen LogP contribution is -2.46. The van der Waals surface area contributed by atoms with Gasteiger partial charge in [-0.05, 0) is 25.3 Å². The van der Waals surface area contributed by atoms with Gasteiger partial charge in [0, 0.05) is 13.1 Å². The van der Waals surface area contributed by atoms with Crippen molar-refractivity contribution in [3.63, 3.8) is 0 Å². The third-order valence-corrected chi connectivity index (χ3v) is 2.48. The minimum absolute atomic E-state index is 0.0684. The van der Waals surface area contributed by atoms with Crippen molar-refractivity contribution in [2.24, 2.45) is 11.7 Å². The zero-order valence-corrected chi connectivity index (χ0v) is 8.33. The Labute approximate surface area is 84.8 Å². The molecule has 0 aliphatic carbocycles. The molecule has 1 heterocycles. The van der Waals surface area contributed by atoms with Crippen LogP contribution in [0.1, 0.15) is 12.8 Å². The van der Waals surface area contributed by atoms with E-state index in [0.29, 0.717) is 19.0 Å². The molecule has 1 fully saturated rings. The van der Waals surface area contributed by atoms with E-state index in [1.165, 1.54) is 0 Å². The Bertz CT molecular complexity index is 234. The Morgan fingerprint density at radius 1 is 1.71 bits per heavy atom. The number of piperidine rings is 1. The molecule has 0 spiro atoms. The Balaban J connectivity index is 2.36. The van der Waals surface area contributed by atoms with Gasteiger partial charge in [-0.15, -0.1) is 6.42 Å². The van der Waals surface area contributed by atoms with E-state index in [1.807, 2.05) is 0 Å². The molecule has 1 saturated heterocycles. The van der Waals surface area contributed by atoms with Crippen molar-refractivity contribution in [1.82, 2.24) is 10.2 Å². The molecule has 78 valence electrons. The second kappa shape index (κ2) is 5.51. The summed E-state index contributed by atoms with van der Waals surface area (Å²) in [6.45, 7) is 2.52. The molecule has 14 heavy (non-hydrogen) atoms. The van der Waals surface area contributed by atoms with Gasteiger partial charge in [0.15, 0.2) is 0 Å². The topological polar surface area (TPSA) is 58.4 Å². The molecular formula is C10H17N3O. The Kier molecular flexibility index (Phi) is 4.27. The van der Waals surface area contributed by atoms with Crippen molar-refractivity contribution in [3.8, 4) is 12.3 Å². The van der Waals surface area contributed by atoms with Crippen LogP contribution in [0.2, 0.25) is 0 Å². The van der Waals surface area contributed by atoms with Crippen LogP contribution in [-0.2, 0) is 0 Å². The zero-order chi connectivity index (χ0) is 10.4. The van der Waals surface area contributed by atoms with E-state index in [9.17, 15) is 4.79 Å². The average molecular weight is 195 g/mol. The highest BCUT2D eigenvalue weighted by molar-refractivity contribution is 5.74. The molecule has 3 N–H and O–H groups in total. The number of carbonyl (C=O) groups excluding carboxylic acids is 1. The van der Waals surface area contributed by atoms with Crippen molar-refractivity contribution in [2.45, 2.75) is 12.8 Å².